The van der Waals surface area contributed by atoms with Crippen molar-refractivity contribution in [3.8, 4) is 11.5 Å². The summed E-state index contributed by atoms with van der Waals surface area (Å²) in [5.74, 6) is -1.04. The van der Waals surface area contributed by atoms with E-state index in [1.54, 1.807) is 36.4 Å². The lowest BCUT2D eigenvalue weighted by atomic mass is 10.0. The molecule has 0 saturated carbocycles. The number of carbonyl (C=O) groups excluding carboxylic acids is 2. The minimum absolute atomic E-state index is 0.0394. The zero-order chi connectivity index (χ0) is 21.4. The Kier molecular flexibility index (Phi) is 8.42. The van der Waals surface area contributed by atoms with E-state index in [9.17, 15) is 9.59 Å². The Hall–Kier alpha value is -2.64. The van der Waals surface area contributed by atoms with Gasteiger partial charge in [0, 0.05) is 24.1 Å². The quantitative estimate of drug-likeness (QED) is 0.545. The zero-order valence-electron chi connectivity index (χ0n) is 16.4. The van der Waals surface area contributed by atoms with Crippen molar-refractivity contribution in [3.63, 3.8) is 0 Å². The molecule has 156 valence electrons. The van der Waals surface area contributed by atoms with Gasteiger partial charge in [-0.1, -0.05) is 42.8 Å². The molecule has 4 N–H and O–H groups in total. The first-order valence-corrected chi connectivity index (χ1v) is 9.71. The van der Waals surface area contributed by atoms with Crippen molar-refractivity contribution in [2.45, 2.75) is 38.8 Å². The van der Waals surface area contributed by atoms with E-state index in [0.717, 1.165) is 0 Å². The van der Waals surface area contributed by atoms with Gasteiger partial charge < -0.3 is 21.1 Å². The lowest BCUT2D eigenvalue weighted by Crippen LogP contribution is -2.38. The van der Waals surface area contributed by atoms with Gasteiger partial charge in [0.2, 0.25) is 11.8 Å². The highest BCUT2D eigenvalue weighted by Gasteiger charge is 2.22. The number of para-hydroxylation sites is 1. The van der Waals surface area contributed by atoms with Gasteiger partial charge >= 0.3 is 0 Å². The smallest absolute Gasteiger partial charge is 0.236 e. The van der Waals surface area contributed by atoms with Crippen molar-refractivity contribution < 1.29 is 18.7 Å². The van der Waals surface area contributed by atoms with E-state index >= 15 is 4.39 Å². The highest BCUT2D eigenvalue weighted by Crippen LogP contribution is 2.36. The van der Waals surface area contributed by atoms with Crippen LogP contribution in [0.1, 0.15) is 38.3 Å². The number of nitrogens with one attached hydrogen (secondary N) is 2. The van der Waals surface area contributed by atoms with E-state index in [-0.39, 0.29) is 41.7 Å². The van der Waals surface area contributed by atoms with Gasteiger partial charge in [-0.25, -0.2) is 4.39 Å². The number of primary amides is 1. The predicted octanol–water partition coefficient (Wildman–Crippen LogP) is 3.69. The first-order valence-electron chi connectivity index (χ1n) is 9.33. The van der Waals surface area contributed by atoms with Crippen molar-refractivity contribution in [3.05, 3.63) is 58.9 Å². The van der Waals surface area contributed by atoms with Crippen molar-refractivity contribution in [2.75, 3.05) is 6.54 Å². The molecular weight excluding hydrogens is 397 g/mol. The molecule has 2 rings (SSSR count). The molecule has 2 atom stereocenters. The number of nitrogens with two attached hydrogens (primary N) is 1. The first-order chi connectivity index (χ1) is 13.8. The summed E-state index contributed by atoms with van der Waals surface area (Å²) in [6.45, 7) is 3.50. The molecule has 0 bridgehead atoms. The number of ether oxygens (including phenoxy) is 1. The Balaban J connectivity index is 2.13. The molecule has 0 heterocycles. The molecule has 0 aliphatic rings. The Morgan fingerprint density at radius 2 is 1.90 bits per heavy atom. The average molecular weight is 422 g/mol. The van der Waals surface area contributed by atoms with Crippen LogP contribution in [0.25, 0.3) is 0 Å². The van der Waals surface area contributed by atoms with Crippen LogP contribution in [-0.2, 0) is 9.59 Å². The average Bonchev–Trinajstić information content (AvgIpc) is 2.69. The molecule has 0 aromatic heterocycles. The third-order valence-corrected chi connectivity index (χ3v) is 4.56. The highest BCUT2D eigenvalue weighted by molar-refractivity contribution is 6.32. The van der Waals surface area contributed by atoms with E-state index in [2.05, 4.69) is 10.6 Å². The number of hydrogen-bond donors (Lipinski definition) is 3. The summed E-state index contributed by atoms with van der Waals surface area (Å²) in [6, 6.07) is 11.4. The number of carbonyl (C=O) groups is 2. The summed E-state index contributed by atoms with van der Waals surface area (Å²) < 4.78 is 20.9. The fourth-order valence-electron chi connectivity index (χ4n) is 2.88. The van der Waals surface area contributed by atoms with Gasteiger partial charge in [0.25, 0.3) is 0 Å². The van der Waals surface area contributed by atoms with E-state index in [1.165, 1.54) is 0 Å². The molecule has 8 heteroatoms. The third kappa shape index (κ3) is 6.73. The normalized spacial score (nSPS) is 12.8. The number of benzene rings is 2. The van der Waals surface area contributed by atoms with Gasteiger partial charge in [-0.05, 0) is 31.5 Å². The first kappa shape index (κ1) is 22.6. The second kappa shape index (κ2) is 10.8. The number of halogens is 2. The summed E-state index contributed by atoms with van der Waals surface area (Å²) in [7, 11) is 0. The Morgan fingerprint density at radius 3 is 2.52 bits per heavy atom. The molecule has 6 nitrogen and oxygen atoms in total. The topological polar surface area (TPSA) is 93.5 Å². The maximum Gasteiger partial charge on any atom is 0.236 e. The molecular formula is C21H25ClFN3O3. The monoisotopic (exact) mass is 421 g/mol. The molecule has 29 heavy (non-hydrogen) atoms. The summed E-state index contributed by atoms with van der Waals surface area (Å²) in [6.07, 6.45) is 0.697. The van der Waals surface area contributed by atoms with Crippen LogP contribution >= 0.6 is 11.6 Å². The lowest BCUT2D eigenvalue weighted by molar-refractivity contribution is -0.125. The summed E-state index contributed by atoms with van der Waals surface area (Å²) in [5.41, 5.74) is 5.41. The Labute approximate surface area is 174 Å². The SMILES string of the molecule is CC[C@@H](N[C@H](C)CC(=O)NCC(N)=O)c1ccc(Cl)c(Oc2ccccc2)c1F. The molecule has 2 aromatic rings. The van der Waals surface area contributed by atoms with Gasteiger partial charge in [-0.2, -0.15) is 0 Å². The predicted molar refractivity (Wildman–Crippen MR) is 110 cm³/mol. The summed E-state index contributed by atoms with van der Waals surface area (Å²) in [4.78, 5) is 22.6. The van der Waals surface area contributed by atoms with Gasteiger partial charge in [0.1, 0.15) is 5.75 Å². The molecule has 0 radical (unpaired) electrons. The third-order valence-electron chi connectivity index (χ3n) is 4.26. The van der Waals surface area contributed by atoms with Crippen LogP contribution in [0.2, 0.25) is 5.02 Å². The number of hydrogen-bond acceptors (Lipinski definition) is 4. The maximum atomic E-state index is 15.2. The van der Waals surface area contributed by atoms with Gasteiger partial charge in [-0.3, -0.25) is 9.59 Å². The summed E-state index contributed by atoms with van der Waals surface area (Å²) >= 11 is 6.16. The second-order valence-corrected chi connectivity index (χ2v) is 7.08. The Morgan fingerprint density at radius 1 is 1.21 bits per heavy atom. The molecule has 2 amide bonds. The van der Waals surface area contributed by atoms with Gasteiger partial charge in [-0.15, -0.1) is 0 Å². The van der Waals surface area contributed by atoms with Crippen molar-refractivity contribution >= 4 is 23.4 Å². The fraction of sp³-hybridized carbons (Fsp3) is 0.333. The molecule has 0 saturated heterocycles. The van der Waals surface area contributed by atoms with Crippen LogP contribution < -0.4 is 21.1 Å². The molecule has 0 fully saturated rings. The number of rotatable bonds is 10. The van der Waals surface area contributed by atoms with Gasteiger partial charge in [0.15, 0.2) is 11.6 Å². The van der Waals surface area contributed by atoms with Crippen LogP contribution in [0.4, 0.5) is 4.39 Å². The van der Waals surface area contributed by atoms with Crippen molar-refractivity contribution in [1.82, 2.24) is 10.6 Å². The van der Waals surface area contributed by atoms with E-state index in [1.807, 2.05) is 19.9 Å². The van der Waals surface area contributed by atoms with Crippen molar-refractivity contribution in [2.24, 2.45) is 5.73 Å². The molecule has 0 aliphatic carbocycles. The van der Waals surface area contributed by atoms with Crippen LogP contribution in [0.3, 0.4) is 0 Å². The molecule has 2 aromatic carbocycles. The minimum atomic E-state index is -0.612. The van der Waals surface area contributed by atoms with Gasteiger partial charge in [0.05, 0.1) is 11.6 Å². The zero-order valence-corrected chi connectivity index (χ0v) is 17.1. The maximum absolute atomic E-state index is 15.2. The largest absolute Gasteiger partial charge is 0.453 e. The van der Waals surface area contributed by atoms with Crippen molar-refractivity contribution in [1.29, 1.82) is 0 Å². The number of amides is 2. The minimum Gasteiger partial charge on any atom is -0.453 e. The molecule has 0 spiro atoms. The summed E-state index contributed by atoms with van der Waals surface area (Å²) in [5, 5.41) is 5.84. The Bertz CT molecular complexity index is 849. The van der Waals surface area contributed by atoms with E-state index in [0.29, 0.717) is 17.7 Å². The molecule has 0 unspecified atom stereocenters. The van der Waals surface area contributed by atoms with Crippen LogP contribution in [0.15, 0.2) is 42.5 Å². The highest BCUT2D eigenvalue weighted by atomic mass is 35.5. The van der Waals surface area contributed by atoms with E-state index in [4.69, 9.17) is 22.1 Å². The fourth-order valence-corrected chi connectivity index (χ4v) is 3.07. The van der Waals surface area contributed by atoms with Crippen LogP contribution in [0.5, 0.6) is 11.5 Å². The molecule has 0 aliphatic heterocycles. The van der Waals surface area contributed by atoms with E-state index < -0.39 is 11.7 Å². The van der Waals surface area contributed by atoms with Crippen LogP contribution in [-0.4, -0.2) is 24.4 Å². The second-order valence-electron chi connectivity index (χ2n) is 6.67. The lowest BCUT2D eigenvalue weighted by Gasteiger charge is -2.24. The van der Waals surface area contributed by atoms with Crippen LogP contribution in [0, 0.1) is 5.82 Å². The standard InChI is InChI=1S/C21H25ClFN3O3/c1-3-17(26-13(2)11-19(28)25-12-18(24)27)15-9-10-16(22)21(20(15)23)29-14-7-5-4-6-8-14/h4-10,13,17,26H,3,11-12H2,1-2H3,(H2,24,27)(H,25,28)/t13-,17-/m1/s1.